The summed E-state index contributed by atoms with van der Waals surface area (Å²) in [7, 11) is 1.32. The average Bonchev–Trinajstić information content (AvgIpc) is 3.80. The van der Waals surface area contributed by atoms with Crippen LogP contribution in [0.25, 0.3) is 10.1 Å². The fraction of sp³-hybridized carbons (Fsp3) is 0.324. The van der Waals surface area contributed by atoms with Gasteiger partial charge in [-0.15, -0.1) is 11.3 Å². The number of amides is 3. The molecule has 3 N–H and O–H groups in total. The molecule has 2 unspecified atom stereocenters. The average molecular weight is 724 g/mol. The molecule has 2 heterocycles. The van der Waals surface area contributed by atoms with Crippen LogP contribution in [0.1, 0.15) is 61.9 Å². The van der Waals surface area contributed by atoms with E-state index in [1.165, 1.54) is 19.2 Å². The van der Waals surface area contributed by atoms with E-state index < -0.39 is 46.8 Å². The molecule has 1 aromatic heterocycles. The van der Waals surface area contributed by atoms with E-state index in [9.17, 15) is 45.1 Å². The standard InChI is InChI=1S/C34H28F7N3O5S/c1-48-26-7-2-16(21-15-22(21)30(45)42-18-8-10-49-11-9-18)12-23(26)31(46)44-28-20-5-3-17(33(36,37)38)13-27(20)50-29(28)32(47)43-19-4-6-25(35)24(14-19)34(39,40)41/h2-7,12-14,18,21-22H,8-11,15H2,1H3,(H,42,45)(H,43,47)(H,44,46). The maximum Gasteiger partial charge on any atom is 0.419 e. The number of nitrogens with one attached hydrogen (secondary N) is 3. The number of anilines is 2. The van der Waals surface area contributed by atoms with E-state index in [1.54, 1.807) is 6.07 Å². The molecule has 2 aliphatic rings. The van der Waals surface area contributed by atoms with Crippen molar-refractivity contribution in [3.63, 3.8) is 0 Å². The van der Waals surface area contributed by atoms with Crippen LogP contribution in [-0.4, -0.2) is 44.1 Å². The van der Waals surface area contributed by atoms with Crippen LogP contribution in [0.5, 0.6) is 5.75 Å². The molecule has 3 aromatic carbocycles. The molecule has 2 fully saturated rings. The Labute approximate surface area is 283 Å². The first-order valence-corrected chi connectivity index (χ1v) is 16.1. The van der Waals surface area contributed by atoms with Gasteiger partial charge < -0.3 is 25.4 Å². The monoisotopic (exact) mass is 723 g/mol. The zero-order chi connectivity index (χ0) is 36.0. The third-order valence-electron chi connectivity index (χ3n) is 8.58. The van der Waals surface area contributed by atoms with Gasteiger partial charge in [0.05, 0.1) is 29.5 Å². The molecule has 1 saturated heterocycles. The maximum absolute atomic E-state index is 13.9. The first-order chi connectivity index (χ1) is 23.6. The van der Waals surface area contributed by atoms with Crippen LogP contribution >= 0.6 is 11.3 Å². The SMILES string of the molecule is COc1ccc(C2CC2C(=O)NC2CCOCC2)cc1C(=O)Nc1c(C(=O)Nc2ccc(F)c(C(F)(F)F)c2)sc2cc(C(F)(F)F)ccc12. The highest BCUT2D eigenvalue weighted by atomic mass is 32.1. The number of fused-ring (bicyclic) bond motifs is 1. The van der Waals surface area contributed by atoms with E-state index in [1.807, 2.05) is 0 Å². The van der Waals surface area contributed by atoms with Gasteiger partial charge in [-0.3, -0.25) is 14.4 Å². The van der Waals surface area contributed by atoms with Crippen LogP contribution < -0.4 is 20.7 Å². The van der Waals surface area contributed by atoms with Gasteiger partial charge in [-0.2, -0.15) is 26.3 Å². The summed E-state index contributed by atoms with van der Waals surface area (Å²) < 4.78 is 105. The Kier molecular flexibility index (Phi) is 9.52. The summed E-state index contributed by atoms with van der Waals surface area (Å²) in [6, 6.07) is 9.22. The van der Waals surface area contributed by atoms with Crippen molar-refractivity contribution < 1.29 is 54.6 Å². The Hall–Kier alpha value is -4.70. The highest BCUT2D eigenvalue weighted by molar-refractivity contribution is 7.21. The second kappa shape index (κ2) is 13.5. The second-order valence-corrected chi connectivity index (χ2v) is 13.0. The lowest BCUT2D eigenvalue weighted by Crippen LogP contribution is -2.39. The van der Waals surface area contributed by atoms with Crippen LogP contribution in [0.2, 0.25) is 0 Å². The third kappa shape index (κ3) is 7.40. The minimum absolute atomic E-state index is 0.00598. The number of hydrogen-bond acceptors (Lipinski definition) is 6. The van der Waals surface area contributed by atoms with Crippen molar-refractivity contribution in [2.45, 2.75) is 43.6 Å². The Morgan fingerprint density at radius 3 is 2.30 bits per heavy atom. The first kappa shape index (κ1) is 35.1. The van der Waals surface area contributed by atoms with Crippen molar-refractivity contribution >= 4 is 50.5 Å². The molecule has 0 spiro atoms. The lowest BCUT2D eigenvalue weighted by atomic mass is 10.0. The van der Waals surface area contributed by atoms with Gasteiger partial charge in [-0.25, -0.2) is 4.39 Å². The van der Waals surface area contributed by atoms with Gasteiger partial charge in [0, 0.05) is 40.9 Å². The predicted octanol–water partition coefficient (Wildman–Crippen LogP) is 7.99. The van der Waals surface area contributed by atoms with Gasteiger partial charge in [0.15, 0.2) is 0 Å². The number of hydrogen-bond donors (Lipinski definition) is 3. The molecule has 0 bridgehead atoms. The van der Waals surface area contributed by atoms with Crippen molar-refractivity contribution in [3.05, 3.63) is 87.5 Å². The van der Waals surface area contributed by atoms with Crippen molar-refractivity contribution in [2.75, 3.05) is 31.0 Å². The molecule has 50 heavy (non-hydrogen) atoms. The van der Waals surface area contributed by atoms with Crippen molar-refractivity contribution in [3.8, 4) is 5.75 Å². The van der Waals surface area contributed by atoms with Crippen LogP contribution in [0, 0.1) is 11.7 Å². The number of benzene rings is 3. The molecule has 4 aromatic rings. The number of carbonyl (C=O) groups is 3. The van der Waals surface area contributed by atoms with E-state index in [2.05, 4.69) is 16.0 Å². The fourth-order valence-electron chi connectivity index (χ4n) is 5.88. The Balaban J connectivity index is 1.30. The summed E-state index contributed by atoms with van der Waals surface area (Å²) in [5, 5.41) is 7.90. The number of thiophene rings is 1. The molecule has 16 heteroatoms. The van der Waals surface area contributed by atoms with Crippen molar-refractivity contribution in [1.29, 1.82) is 0 Å². The van der Waals surface area contributed by atoms with Gasteiger partial charge in [0.25, 0.3) is 11.8 Å². The summed E-state index contributed by atoms with van der Waals surface area (Å²) in [5.74, 6) is -3.91. The number of carbonyl (C=O) groups excluding carboxylic acids is 3. The van der Waals surface area contributed by atoms with Crippen molar-refractivity contribution in [1.82, 2.24) is 5.32 Å². The first-order valence-electron chi connectivity index (χ1n) is 15.3. The maximum atomic E-state index is 13.9. The van der Waals surface area contributed by atoms with Crippen molar-refractivity contribution in [2.24, 2.45) is 5.92 Å². The van der Waals surface area contributed by atoms with E-state index in [0.29, 0.717) is 61.5 Å². The highest BCUT2D eigenvalue weighted by Gasteiger charge is 2.45. The molecule has 1 saturated carbocycles. The predicted molar refractivity (Wildman–Crippen MR) is 170 cm³/mol. The summed E-state index contributed by atoms with van der Waals surface area (Å²) in [5.41, 5.74) is -2.63. The smallest absolute Gasteiger partial charge is 0.419 e. The fourth-order valence-corrected chi connectivity index (χ4v) is 6.98. The number of halogens is 7. The van der Waals surface area contributed by atoms with Gasteiger partial charge in [-0.05, 0) is 73.2 Å². The lowest BCUT2D eigenvalue weighted by molar-refractivity contribution is -0.140. The molecule has 3 amide bonds. The van der Waals surface area contributed by atoms with Crippen LogP contribution in [0.15, 0.2) is 54.6 Å². The Bertz CT molecular complexity index is 1970. The third-order valence-corrected chi connectivity index (χ3v) is 9.73. The van der Waals surface area contributed by atoms with Crippen LogP contribution in [-0.2, 0) is 21.9 Å². The zero-order valence-electron chi connectivity index (χ0n) is 26.1. The van der Waals surface area contributed by atoms with Gasteiger partial charge in [-0.1, -0.05) is 12.1 Å². The minimum atomic E-state index is -5.07. The molecular formula is C34H28F7N3O5S. The summed E-state index contributed by atoms with van der Waals surface area (Å²) in [4.78, 5) is 39.8. The quantitative estimate of drug-likeness (QED) is 0.160. The molecule has 264 valence electrons. The Morgan fingerprint density at radius 1 is 0.880 bits per heavy atom. The zero-order valence-corrected chi connectivity index (χ0v) is 26.9. The van der Waals surface area contributed by atoms with Gasteiger partial charge in [0.2, 0.25) is 5.91 Å². The molecule has 1 aliphatic heterocycles. The van der Waals surface area contributed by atoms with E-state index in [4.69, 9.17) is 9.47 Å². The lowest BCUT2D eigenvalue weighted by Gasteiger charge is -2.23. The van der Waals surface area contributed by atoms with E-state index >= 15 is 0 Å². The summed E-state index contributed by atoms with van der Waals surface area (Å²) in [6.45, 7) is 1.13. The van der Waals surface area contributed by atoms with E-state index in [-0.39, 0.29) is 55.7 Å². The normalized spacial score (nSPS) is 18.1. The van der Waals surface area contributed by atoms with E-state index in [0.717, 1.165) is 24.3 Å². The number of ether oxygens (including phenoxy) is 2. The number of rotatable bonds is 8. The minimum Gasteiger partial charge on any atom is -0.496 e. The molecule has 1 aliphatic carbocycles. The van der Waals surface area contributed by atoms with Crippen LogP contribution in [0.3, 0.4) is 0 Å². The number of alkyl halides is 6. The summed E-state index contributed by atoms with van der Waals surface area (Å²) in [6.07, 6.45) is -7.84. The molecule has 0 radical (unpaired) electrons. The Morgan fingerprint density at radius 2 is 1.62 bits per heavy atom. The highest BCUT2D eigenvalue weighted by Crippen LogP contribution is 2.49. The second-order valence-electron chi connectivity index (χ2n) is 11.9. The topological polar surface area (TPSA) is 106 Å². The molecule has 6 rings (SSSR count). The van der Waals surface area contributed by atoms with Gasteiger partial charge >= 0.3 is 12.4 Å². The largest absolute Gasteiger partial charge is 0.496 e. The summed E-state index contributed by atoms with van der Waals surface area (Å²) >= 11 is 0.571. The number of methoxy groups -OCH3 is 1. The molecule has 8 nitrogen and oxygen atoms in total. The van der Waals surface area contributed by atoms with Crippen LogP contribution in [0.4, 0.5) is 42.1 Å². The van der Waals surface area contributed by atoms with Gasteiger partial charge in [0.1, 0.15) is 16.4 Å². The molecular weight excluding hydrogens is 695 g/mol. The molecule has 2 atom stereocenters.